The monoisotopic (exact) mass is 252 g/mol. The van der Waals surface area contributed by atoms with Crippen LogP contribution in [0.15, 0.2) is 4.42 Å². The molecule has 1 saturated carbocycles. The second-order valence-corrected chi connectivity index (χ2v) is 4.97. The fourth-order valence-corrected chi connectivity index (χ4v) is 2.43. The first-order valence-electron chi connectivity index (χ1n) is 6.80. The van der Waals surface area contributed by atoms with Crippen LogP contribution in [-0.2, 0) is 11.2 Å². The number of hydrogen-bond acceptors (Lipinski definition) is 4. The molecular weight excluding hydrogens is 232 g/mol. The maximum Gasteiger partial charge on any atom is 0.303 e. The van der Waals surface area contributed by atoms with Crippen LogP contribution in [0.1, 0.15) is 69.1 Å². The molecule has 0 saturated heterocycles. The van der Waals surface area contributed by atoms with Gasteiger partial charge >= 0.3 is 5.97 Å². The first kappa shape index (κ1) is 13.1. The van der Waals surface area contributed by atoms with Gasteiger partial charge in [-0.1, -0.05) is 19.3 Å². The van der Waals surface area contributed by atoms with Crippen molar-refractivity contribution in [2.75, 3.05) is 0 Å². The zero-order chi connectivity index (χ0) is 12.8. The fourth-order valence-electron chi connectivity index (χ4n) is 2.43. The maximum absolute atomic E-state index is 10.4. The topological polar surface area (TPSA) is 76.2 Å². The Morgan fingerprint density at radius 2 is 2.00 bits per heavy atom. The van der Waals surface area contributed by atoms with Gasteiger partial charge in [0.1, 0.15) is 0 Å². The number of carboxylic acids is 1. The molecule has 1 aliphatic carbocycles. The molecule has 5 heteroatoms. The van der Waals surface area contributed by atoms with E-state index in [-0.39, 0.29) is 6.42 Å². The van der Waals surface area contributed by atoms with Gasteiger partial charge in [-0.25, -0.2) is 0 Å². The van der Waals surface area contributed by atoms with Crippen molar-refractivity contribution < 1.29 is 14.3 Å². The Balaban J connectivity index is 1.76. The number of aliphatic carboxylic acids is 1. The van der Waals surface area contributed by atoms with Crippen molar-refractivity contribution in [1.29, 1.82) is 0 Å². The number of carboxylic acid groups (broad SMARTS) is 1. The smallest absolute Gasteiger partial charge is 0.303 e. The van der Waals surface area contributed by atoms with Gasteiger partial charge in [0, 0.05) is 18.8 Å². The molecule has 0 bridgehead atoms. The normalized spacial score (nSPS) is 16.9. The number of aromatic nitrogens is 2. The van der Waals surface area contributed by atoms with Crippen molar-refractivity contribution in [3.8, 4) is 0 Å². The molecule has 2 rings (SSSR count). The summed E-state index contributed by atoms with van der Waals surface area (Å²) in [5.74, 6) is 1.13. The Morgan fingerprint density at radius 1 is 1.22 bits per heavy atom. The van der Waals surface area contributed by atoms with Gasteiger partial charge in [0.2, 0.25) is 11.8 Å². The second kappa shape index (κ2) is 6.52. The average molecular weight is 252 g/mol. The van der Waals surface area contributed by atoms with Gasteiger partial charge in [-0.3, -0.25) is 4.79 Å². The van der Waals surface area contributed by atoms with Crippen LogP contribution >= 0.6 is 0 Å². The number of carbonyl (C=O) groups is 1. The van der Waals surface area contributed by atoms with Crippen molar-refractivity contribution in [3.63, 3.8) is 0 Å². The van der Waals surface area contributed by atoms with Crippen LogP contribution in [0.4, 0.5) is 0 Å². The summed E-state index contributed by atoms with van der Waals surface area (Å²) >= 11 is 0. The summed E-state index contributed by atoms with van der Waals surface area (Å²) in [6.07, 6.45) is 8.47. The van der Waals surface area contributed by atoms with Crippen LogP contribution in [0.5, 0.6) is 0 Å². The van der Waals surface area contributed by atoms with Gasteiger partial charge in [0.25, 0.3) is 0 Å². The van der Waals surface area contributed by atoms with E-state index in [1.54, 1.807) is 0 Å². The number of unbranched alkanes of at least 4 members (excludes halogenated alkanes) is 1. The fraction of sp³-hybridized carbons (Fsp3) is 0.769. The lowest BCUT2D eigenvalue weighted by molar-refractivity contribution is -0.137. The highest BCUT2D eigenvalue weighted by Crippen LogP contribution is 2.31. The van der Waals surface area contributed by atoms with E-state index in [1.807, 2.05) is 0 Å². The number of hydrogen-bond donors (Lipinski definition) is 1. The summed E-state index contributed by atoms with van der Waals surface area (Å²) in [7, 11) is 0. The Kier molecular flexibility index (Phi) is 4.73. The van der Waals surface area contributed by atoms with E-state index in [0.717, 1.165) is 25.2 Å². The summed E-state index contributed by atoms with van der Waals surface area (Å²) in [5, 5.41) is 16.7. The molecule has 1 aliphatic rings. The maximum atomic E-state index is 10.4. The molecule has 0 radical (unpaired) electrons. The molecule has 0 aliphatic heterocycles. The molecule has 1 N–H and O–H groups in total. The van der Waals surface area contributed by atoms with Crippen LogP contribution in [0.2, 0.25) is 0 Å². The Hall–Kier alpha value is -1.39. The summed E-state index contributed by atoms with van der Waals surface area (Å²) in [4.78, 5) is 10.4. The van der Waals surface area contributed by atoms with Crippen molar-refractivity contribution >= 4 is 5.97 Å². The lowest BCUT2D eigenvalue weighted by atomic mass is 9.89. The zero-order valence-corrected chi connectivity index (χ0v) is 10.6. The van der Waals surface area contributed by atoms with Gasteiger partial charge in [-0.05, 0) is 25.7 Å². The van der Waals surface area contributed by atoms with Gasteiger partial charge in [-0.15, -0.1) is 10.2 Å². The molecular formula is C13H20N2O3. The molecule has 1 heterocycles. The lowest BCUT2D eigenvalue weighted by Crippen LogP contribution is -2.04. The lowest BCUT2D eigenvalue weighted by Gasteiger charge is -2.17. The number of rotatable bonds is 6. The van der Waals surface area contributed by atoms with E-state index in [4.69, 9.17) is 9.52 Å². The molecule has 0 unspecified atom stereocenters. The molecule has 0 atom stereocenters. The zero-order valence-electron chi connectivity index (χ0n) is 10.6. The molecule has 1 aromatic rings. The first-order valence-corrected chi connectivity index (χ1v) is 6.80. The summed E-state index contributed by atoms with van der Waals surface area (Å²) in [6.45, 7) is 0. The molecule has 1 aromatic heterocycles. The summed E-state index contributed by atoms with van der Waals surface area (Å²) < 4.78 is 5.66. The minimum atomic E-state index is -0.747. The van der Waals surface area contributed by atoms with Crippen molar-refractivity contribution in [3.05, 3.63) is 11.8 Å². The van der Waals surface area contributed by atoms with E-state index in [1.165, 1.54) is 19.3 Å². The van der Waals surface area contributed by atoms with Crippen LogP contribution in [0.25, 0.3) is 0 Å². The van der Waals surface area contributed by atoms with Crippen LogP contribution < -0.4 is 0 Å². The minimum absolute atomic E-state index is 0.212. The second-order valence-electron chi connectivity index (χ2n) is 4.97. The highest BCUT2D eigenvalue weighted by atomic mass is 16.4. The highest BCUT2D eigenvalue weighted by Gasteiger charge is 2.20. The van der Waals surface area contributed by atoms with E-state index < -0.39 is 5.97 Å². The SMILES string of the molecule is O=C(O)CCCCc1nnc(C2CCCCC2)o1. The Labute approximate surface area is 107 Å². The third kappa shape index (κ3) is 3.82. The molecule has 0 amide bonds. The van der Waals surface area contributed by atoms with Crippen LogP contribution in [0, 0.1) is 0 Å². The van der Waals surface area contributed by atoms with Crippen molar-refractivity contribution in [2.45, 2.75) is 63.7 Å². The quantitative estimate of drug-likeness (QED) is 0.788. The van der Waals surface area contributed by atoms with Crippen molar-refractivity contribution in [2.24, 2.45) is 0 Å². The van der Waals surface area contributed by atoms with Gasteiger partial charge in [-0.2, -0.15) is 0 Å². The van der Waals surface area contributed by atoms with Gasteiger partial charge < -0.3 is 9.52 Å². The minimum Gasteiger partial charge on any atom is -0.481 e. The molecule has 0 aromatic carbocycles. The summed E-state index contributed by atoms with van der Waals surface area (Å²) in [6, 6.07) is 0. The highest BCUT2D eigenvalue weighted by molar-refractivity contribution is 5.66. The van der Waals surface area contributed by atoms with Crippen LogP contribution in [-0.4, -0.2) is 21.3 Å². The standard InChI is InChI=1S/C13H20N2O3/c16-12(17)9-5-4-8-11-14-15-13(18-11)10-6-2-1-3-7-10/h10H,1-9H2,(H,16,17). The first-order chi connectivity index (χ1) is 8.75. The molecule has 18 heavy (non-hydrogen) atoms. The molecule has 0 spiro atoms. The van der Waals surface area contributed by atoms with E-state index in [0.29, 0.717) is 24.7 Å². The molecule has 100 valence electrons. The number of nitrogens with zero attached hydrogens (tertiary/aromatic N) is 2. The summed E-state index contributed by atoms with van der Waals surface area (Å²) in [5.41, 5.74) is 0. The predicted octanol–water partition coefficient (Wildman–Crippen LogP) is 2.91. The largest absolute Gasteiger partial charge is 0.481 e. The van der Waals surface area contributed by atoms with Gasteiger partial charge in [0.15, 0.2) is 0 Å². The molecule has 1 fully saturated rings. The number of aryl methyl sites for hydroxylation is 1. The van der Waals surface area contributed by atoms with E-state index in [9.17, 15) is 4.79 Å². The van der Waals surface area contributed by atoms with Crippen molar-refractivity contribution in [1.82, 2.24) is 10.2 Å². The Bertz CT molecular complexity index is 383. The van der Waals surface area contributed by atoms with E-state index >= 15 is 0 Å². The van der Waals surface area contributed by atoms with Gasteiger partial charge in [0.05, 0.1) is 0 Å². The molecule has 5 nitrogen and oxygen atoms in total. The predicted molar refractivity (Wildman–Crippen MR) is 65.3 cm³/mol. The average Bonchev–Trinajstić information content (AvgIpc) is 2.84. The third-order valence-electron chi connectivity index (χ3n) is 3.47. The van der Waals surface area contributed by atoms with Crippen LogP contribution in [0.3, 0.4) is 0 Å². The van der Waals surface area contributed by atoms with E-state index in [2.05, 4.69) is 10.2 Å². The third-order valence-corrected chi connectivity index (χ3v) is 3.47. The Morgan fingerprint density at radius 3 is 2.72 bits per heavy atom.